The van der Waals surface area contributed by atoms with Gasteiger partial charge in [0.1, 0.15) is 0 Å². The van der Waals surface area contributed by atoms with Gasteiger partial charge in [0.25, 0.3) is 0 Å². The third-order valence-corrected chi connectivity index (χ3v) is 1.64. The number of hydrogen-bond acceptors (Lipinski definition) is 2. The molecule has 0 spiro atoms. The Morgan fingerprint density at radius 3 is 2.33 bits per heavy atom. The van der Waals surface area contributed by atoms with E-state index in [1.54, 1.807) is 7.05 Å². The molecule has 0 saturated heterocycles. The van der Waals surface area contributed by atoms with Crippen LogP contribution in [0, 0.1) is 0 Å². The topological polar surface area (TPSA) is 38.0 Å². The number of rotatable bonds is 3. The second kappa shape index (κ2) is 10.7. The maximum atomic E-state index is 4.60. The largest absolute Gasteiger partial charge is 0.272 e. The molecule has 0 atom stereocenters. The van der Waals surface area contributed by atoms with E-state index < -0.39 is 0 Å². The highest BCUT2D eigenvalue weighted by Crippen LogP contribution is 1.99. The van der Waals surface area contributed by atoms with Crippen LogP contribution in [-0.4, -0.2) is 7.05 Å². The molecule has 0 amide bonds. The molecular formula is C13H20N2. The maximum absolute atomic E-state index is 4.60. The molecule has 2 heteroatoms. The molecule has 15 heavy (non-hydrogen) atoms. The summed E-state index contributed by atoms with van der Waals surface area (Å²) in [5.74, 6) is 4.60. The van der Waals surface area contributed by atoms with Crippen molar-refractivity contribution in [2.24, 2.45) is 5.84 Å². The molecule has 0 unspecified atom stereocenters. The molecule has 1 aromatic rings. The summed E-state index contributed by atoms with van der Waals surface area (Å²) in [5, 5.41) is 0. The minimum absolute atomic E-state index is 1.02. The zero-order valence-electron chi connectivity index (χ0n) is 9.48. The molecule has 0 aliphatic heterocycles. The molecule has 2 nitrogen and oxygen atoms in total. The van der Waals surface area contributed by atoms with Crippen molar-refractivity contribution < 1.29 is 0 Å². The van der Waals surface area contributed by atoms with Gasteiger partial charge in [0.15, 0.2) is 0 Å². The summed E-state index contributed by atoms with van der Waals surface area (Å²) in [6, 6.07) is 10.5. The minimum Gasteiger partial charge on any atom is -0.272 e. The van der Waals surface area contributed by atoms with Crippen LogP contribution in [0.25, 0.3) is 0 Å². The normalized spacial score (nSPS) is 10.3. The summed E-state index contributed by atoms with van der Waals surface area (Å²) in [5.41, 5.74) is 3.61. The van der Waals surface area contributed by atoms with Gasteiger partial charge in [-0.25, -0.2) is 0 Å². The highest BCUT2D eigenvalue weighted by molar-refractivity contribution is 5.18. The molecule has 0 fully saturated rings. The summed E-state index contributed by atoms with van der Waals surface area (Å²) in [4.78, 5) is 0. The summed E-state index contributed by atoms with van der Waals surface area (Å²) < 4.78 is 0. The predicted molar refractivity (Wildman–Crippen MR) is 67.3 cm³/mol. The molecule has 1 rings (SSSR count). The van der Waals surface area contributed by atoms with Crippen molar-refractivity contribution in [3.63, 3.8) is 0 Å². The Morgan fingerprint density at radius 2 is 1.80 bits per heavy atom. The van der Waals surface area contributed by atoms with Gasteiger partial charge in [-0.3, -0.25) is 11.3 Å². The van der Waals surface area contributed by atoms with Crippen molar-refractivity contribution in [2.75, 3.05) is 7.05 Å². The van der Waals surface area contributed by atoms with Gasteiger partial charge < -0.3 is 0 Å². The van der Waals surface area contributed by atoms with Crippen LogP contribution in [0.4, 0.5) is 0 Å². The first-order chi connectivity index (χ1) is 7.35. The molecule has 1 aromatic carbocycles. The Kier molecular flexibility index (Phi) is 9.71. The molecule has 0 radical (unpaired) electrons. The van der Waals surface area contributed by atoms with Crippen molar-refractivity contribution in [1.29, 1.82) is 0 Å². The van der Waals surface area contributed by atoms with Crippen molar-refractivity contribution in [3.05, 3.63) is 60.2 Å². The van der Waals surface area contributed by atoms with Crippen molar-refractivity contribution in [1.82, 2.24) is 5.43 Å². The zero-order chi connectivity index (χ0) is 11.4. The minimum atomic E-state index is 1.02. The van der Waals surface area contributed by atoms with Crippen molar-refractivity contribution in [3.8, 4) is 0 Å². The predicted octanol–water partition coefficient (Wildman–Crippen LogP) is 2.44. The summed E-state index contributed by atoms with van der Waals surface area (Å²) >= 11 is 0. The maximum Gasteiger partial charge on any atom is -0.00172 e. The summed E-state index contributed by atoms with van der Waals surface area (Å²) in [6.07, 6.45) is 9.33. The molecule has 0 aliphatic rings. The first-order valence-corrected chi connectivity index (χ1v) is 5.04. The summed E-state index contributed by atoms with van der Waals surface area (Å²) in [6.45, 7) is 2.02. The SMILES string of the molecule is C/C=C\C=C/Cc1ccccc1.CNN. The van der Waals surface area contributed by atoms with E-state index in [0.717, 1.165) is 6.42 Å². The zero-order valence-corrected chi connectivity index (χ0v) is 9.48. The number of hydrogen-bond donors (Lipinski definition) is 2. The average molecular weight is 204 g/mol. The smallest absolute Gasteiger partial charge is 0.00172 e. The Labute approximate surface area is 92.5 Å². The number of hydrazine groups is 1. The second-order valence-electron chi connectivity index (χ2n) is 2.93. The lowest BCUT2D eigenvalue weighted by Crippen LogP contribution is -2.13. The number of benzene rings is 1. The standard InChI is InChI=1S/C12H14.CH6N2/c1-2-3-4-6-9-12-10-7-5-8-11-12;1-3-2/h2-8,10-11H,9H2,1H3;3H,2H2,1H3/b3-2-,6-4-;. The monoisotopic (exact) mass is 204 g/mol. The molecule has 82 valence electrons. The van der Waals surface area contributed by atoms with E-state index in [4.69, 9.17) is 0 Å². The molecule has 0 heterocycles. The molecular weight excluding hydrogens is 184 g/mol. The second-order valence-corrected chi connectivity index (χ2v) is 2.93. The van der Waals surface area contributed by atoms with E-state index >= 15 is 0 Å². The number of allylic oxidation sites excluding steroid dienone is 4. The van der Waals surface area contributed by atoms with Crippen LogP contribution in [0.15, 0.2) is 54.6 Å². The van der Waals surface area contributed by atoms with Crippen LogP contribution in [0.3, 0.4) is 0 Å². The van der Waals surface area contributed by atoms with E-state index in [2.05, 4.69) is 47.7 Å². The van der Waals surface area contributed by atoms with Crippen molar-refractivity contribution >= 4 is 0 Å². The van der Waals surface area contributed by atoms with Gasteiger partial charge in [-0.15, -0.1) is 0 Å². The van der Waals surface area contributed by atoms with Crippen LogP contribution in [0.2, 0.25) is 0 Å². The fourth-order valence-electron chi connectivity index (χ4n) is 1.01. The van der Waals surface area contributed by atoms with Crippen molar-refractivity contribution in [2.45, 2.75) is 13.3 Å². The van der Waals surface area contributed by atoms with E-state index in [1.165, 1.54) is 5.56 Å². The molecule has 0 bridgehead atoms. The van der Waals surface area contributed by atoms with Gasteiger partial charge in [-0.05, 0) is 26.0 Å². The van der Waals surface area contributed by atoms with Gasteiger partial charge in [-0.1, -0.05) is 54.6 Å². The highest BCUT2D eigenvalue weighted by atomic mass is 15.2. The lowest BCUT2D eigenvalue weighted by molar-refractivity contribution is 0.900. The average Bonchev–Trinajstić information content (AvgIpc) is 2.27. The van der Waals surface area contributed by atoms with E-state index in [0.29, 0.717) is 0 Å². The Balaban J connectivity index is 0.000000583. The number of nitrogens with two attached hydrogens (primary N) is 1. The van der Waals surface area contributed by atoms with E-state index in [1.807, 2.05) is 25.1 Å². The lowest BCUT2D eigenvalue weighted by Gasteiger charge is -1.92. The van der Waals surface area contributed by atoms with Gasteiger partial charge in [0.05, 0.1) is 0 Å². The molecule has 0 aliphatic carbocycles. The lowest BCUT2D eigenvalue weighted by atomic mass is 10.1. The van der Waals surface area contributed by atoms with Gasteiger partial charge in [0.2, 0.25) is 0 Å². The number of nitrogens with one attached hydrogen (secondary N) is 1. The van der Waals surface area contributed by atoms with Gasteiger partial charge in [-0.2, -0.15) is 0 Å². The third-order valence-electron chi connectivity index (χ3n) is 1.64. The van der Waals surface area contributed by atoms with Gasteiger partial charge >= 0.3 is 0 Å². The van der Waals surface area contributed by atoms with Gasteiger partial charge in [0, 0.05) is 0 Å². The van der Waals surface area contributed by atoms with Crippen LogP contribution in [-0.2, 0) is 6.42 Å². The Morgan fingerprint density at radius 1 is 1.20 bits per heavy atom. The quantitative estimate of drug-likeness (QED) is 0.451. The molecule has 3 N–H and O–H groups in total. The van der Waals surface area contributed by atoms with Crippen LogP contribution >= 0.6 is 0 Å². The van der Waals surface area contributed by atoms with E-state index in [9.17, 15) is 0 Å². The highest BCUT2D eigenvalue weighted by Gasteiger charge is 1.83. The fraction of sp³-hybridized carbons (Fsp3) is 0.231. The van der Waals surface area contributed by atoms with Crippen LogP contribution in [0.5, 0.6) is 0 Å². The molecule has 0 saturated carbocycles. The fourth-order valence-corrected chi connectivity index (χ4v) is 1.01. The summed E-state index contributed by atoms with van der Waals surface area (Å²) in [7, 11) is 1.65. The third kappa shape index (κ3) is 8.94. The van der Waals surface area contributed by atoms with Crippen LogP contribution < -0.4 is 11.3 Å². The first kappa shape index (κ1) is 13.6. The first-order valence-electron chi connectivity index (χ1n) is 5.04. The van der Waals surface area contributed by atoms with Crippen LogP contribution in [0.1, 0.15) is 12.5 Å². The van der Waals surface area contributed by atoms with E-state index in [-0.39, 0.29) is 0 Å². The Hall–Kier alpha value is -1.38. The Bertz CT molecular complexity index is 276. The molecule has 0 aromatic heterocycles.